The number of amides is 3. The summed E-state index contributed by atoms with van der Waals surface area (Å²) in [6.45, 7) is 5.77. The fourth-order valence-electron chi connectivity index (χ4n) is 4.10. The van der Waals surface area contributed by atoms with Crippen LogP contribution in [0.5, 0.6) is 0 Å². The molecule has 6 atom stereocenters. The van der Waals surface area contributed by atoms with Crippen molar-refractivity contribution in [1.29, 1.82) is 0 Å². The summed E-state index contributed by atoms with van der Waals surface area (Å²) in [4.78, 5) is 52.8. The number of aliphatic carboxylic acids is 1. The number of carboxylic acids is 1. The highest BCUT2D eigenvalue weighted by Gasteiger charge is 2.44. The van der Waals surface area contributed by atoms with E-state index in [1.807, 2.05) is 13.8 Å². The first-order valence-corrected chi connectivity index (χ1v) is 10.7. The van der Waals surface area contributed by atoms with E-state index in [-0.39, 0.29) is 5.92 Å². The van der Waals surface area contributed by atoms with Crippen molar-refractivity contribution >= 4 is 23.7 Å². The first-order valence-electron chi connectivity index (χ1n) is 10.7. The SMILES string of the molecule is CCC(C)C(N)C(=O)NC(C(=O)N1CCCC1C(=O)N1CCCC1C(=O)O)C(C)O. The molecule has 0 bridgehead atoms. The predicted octanol–water partition coefficient (Wildman–Crippen LogP) is -0.708. The minimum Gasteiger partial charge on any atom is -0.480 e. The van der Waals surface area contributed by atoms with Gasteiger partial charge in [-0.05, 0) is 38.5 Å². The number of hydrogen-bond acceptors (Lipinski definition) is 6. The Labute approximate surface area is 176 Å². The van der Waals surface area contributed by atoms with Gasteiger partial charge >= 0.3 is 5.97 Å². The molecule has 6 unspecified atom stereocenters. The Morgan fingerprint density at radius 3 is 2.17 bits per heavy atom. The van der Waals surface area contributed by atoms with Gasteiger partial charge in [0.25, 0.3) is 0 Å². The first kappa shape index (κ1) is 24.1. The summed E-state index contributed by atoms with van der Waals surface area (Å²) in [7, 11) is 0. The quantitative estimate of drug-likeness (QED) is 0.400. The third kappa shape index (κ3) is 5.10. The van der Waals surface area contributed by atoms with E-state index in [1.54, 1.807) is 0 Å². The Morgan fingerprint density at radius 1 is 1.07 bits per heavy atom. The van der Waals surface area contributed by atoms with E-state index in [2.05, 4.69) is 5.32 Å². The summed E-state index contributed by atoms with van der Waals surface area (Å²) < 4.78 is 0. The van der Waals surface area contributed by atoms with Gasteiger partial charge in [0.2, 0.25) is 17.7 Å². The summed E-state index contributed by atoms with van der Waals surface area (Å²) in [6.07, 6.45) is 1.50. The van der Waals surface area contributed by atoms with Crippen LogP contribution < -0.4 is 11.1 Å². The third-order valence-electron chi connectivity index (χ3n) is 6.25. The number of carbonyl (C=O) groups excluding carboxylic acids is 3. The number of nitrogens with zero attached hydrogens (tertiary/aromatic N) is 2. The van der Waals surface area contributed by atoms with Crippen LogP contribution in [0.25, 0.3) is 0 Å². The van der Waals surface area contributed by atoms with Crippen molar-refractivity contribution in [3.8, 4) is 0 Å². The molecule has 0 aromatic carbocycles. The summed E-state index contributed by atoms with van der Waals surface area (Å²) in [5.41, 5.74) is 5.94. The van der Waals surface area contributed by atoms with E-state index in [4.69, 9.17) is 5.73 Å². The first-order chi connectivity index (χ1) is 14.1. The molecule has 2 heterocycles. The number of rotatable bonds is 8. The van der Waals surface area contributed by atoms with E-state index in [9.17, 15) is 29.4 Å². The molecule has 10 nitrogen and oxygen atoms in total. The van der Waals surface area contributed by atoms with Crippen molar-refractivity contribution in [2.45, 2.75) is 83.1 Å². The molecule has 2 saturated heterocycles. The van der Waals surface area contributed by atoms with Crippen LogP contribution in [0.1, 0.15) is 52.9 Å². The zero-order valence-corrected chi connectivity index (χ0v) is 17.9. The van der Waals surface area contributed by atoms with Crippen LogP contribution in [0, 0.1) is 5.92 Å². The Kier molecular flexibility index (Phi) is 8.19. The normalized spacial score (nSPS) is 25.5. The van der Waals surface area contributed by atoms with Crippen LogP contribution >= 0.6 is 0 Å². The second-order valence-corrected chi connectivity index (χ2v) is 8.36. The van der Waals surface area contributed by atoms with Gasteiger partial charge in [0.15, 0.2) is 0 Å². The number of aliphatic hydroxyl groups is 1. The van der Waals surface area contributed by atoms with Crippen molar-refractivity contribution in [3.05, 3.63) is 0 Å². The second-order valence-electron chi connectivity index (χ2n) is 8.36. The van der Waals surface area contributed by atoms with Crippen molar-refractivity contribution in [2.75, 3.05) is 13.1 Å². The van der Waals surface area contributed by atoms with Crippen molar-refractivity contribution in [2.24, 2.45) is 11.7 Å². The molecular weight excluding hydrogens is 392 g/mol. The Balaban J connectivity index is 2.14. The summed E-state index contributed by atoms with van der Waals surface area (Å²) in [5, 5.41) is 22.0. The van der Waals surface area contributed by atoms with Gasteiger partial charge in [-0.2, -0.15) is 0 Å². The van der Waals surface area contributed by atoms with Gasteiger partial charge in [-0.3, -0.25) is 14.4 Å². The number of carbonyl (C=O) groups is 4. The van der Waals surface area contributed by atoms with Gasteiger partial charge in [-0.1, -0.05) is 20.3 Å². The van der Waals surface area contributed by atoms with E-state index in [1.165, 1.54) is 16.7 Å². The molecule has 2 aliphatic rings. The highest BCUT2D eigenvalue weighted by Crippen LogP contribution is 2.26. The molecule has 0 spiro atoms. The van der Waals surface area contributed by atoms with Crippen molar-refractivity contribution < 1.29 is 29.4 Å². The molecule has 2 aliphatic heterocycles. The van der Waals surface area contributed by atoms with Crippen LogP contribution in [-0.2, 0) is 19.2 Å². The van der Waals surface area contributed by atoms with E-state index in [0.29, 0.717) is 45.2 Å². The minimum atomic E-state index is -1.23. The zero-order chi connectivity index (χ0) is 22.6. The van der Waals surface area contributed by atoms with Gasteiger partial charge in [0.05, 0.1) is 12.1 Å². The second kappa shape index (κ2) is 10.2. The van der Waals surface area contributed by atoms with E-state index < -0.39 is 54.0 Å². The Bertz CT molecular complexity index is 670. The maximum absolute atomic E-state index is 13.2. The molecule has 0 aliphatic carbocycles. The topological polar surface area (TPSA) is 153 Å². The molecule has 30 heavy (non-hydrogen) atoms. The van der Waals surface area contributed by atoms with Crippen LogP contribution in [-0.4, -0.2) is 87.1 Å². The number of carboxylic acid groups (broad SMARTS) is 1. The van der Waals surface area contributed by atoms with Gasteiger partial charge in [-0.25, -0.2) is 4.79 Å². The van der Waals surface area contributed by atoms with E-state index in [0.717, 1.165) is 0 Å². The molecule has 2 rings (SSSR count). The fraction of sp³-hybridized carbons (Fsp3) is 0.800. The Morgan fingerprint density at radius 2 is 1.63 bits per heavy atom. The standard InChI is InChI=1S/C20H34N4O6/c1-4-11(2)15(21)17(26)22-16(12(3)25)19(28)23-9-5-7-13(23)18(27)24-10-6-8-14(24)20(29)30/h11-16,25H,4-10,21H2,1-3H3,(H,22,26)(H,29,30). The number of aliphatic hydroxyl groups excluding tert-OH is 1. The lowest BCUT2D eigenvalue weighted by Crippen LogP contribution is -2.60. The van der Waals surface area contributed by atoms with Crippen LogP contribution in [0.4, 0.5) is 0 Å². The maximum atomic E-state index is 13.2. The van der Waals surface area contributed by atoms with E-state index >= 15 is 0 Å². The number of likely N-dealkylation sites (tertiary alicyclic amines) is 2. The molecule has 10 heteroatoms. The van der Waals surface area contributed by atoms with Gasteiger partial charge in [-0.15, -0.1) is 0 Å². The average molecular weight is 427 g/mol. The predicted molar refractivity (Wildman–Crippen MR) is 108 cm³/mol. The number of hydrogen-bond donors (Lipinski definition) is 4. The number of nitrogens with two attached hydrogens (primary N) is 1. The molecule has 0 aromatic rings. The molecule has 0 aromatic heterocycles. The van der Waals surface area contributed by atoms with Crippen LogP contribution in [0.2, 0.25) is 0 Å². The van der Waals surface area contributed by atoms with Gasteiger partial charge < -0.3 is 31.1 Å². The fourth-order valence-corrected chi connectivity index (χ4v) is 4.10. The van der Waals surface area contributed by atoms with Crippen molar-refractivity contribution in [3.63, 3.8) is 0 Å². The molecule has 170 valence electrons. The lowest BCUT2D eigenvalue weighted by Gasteiger charge is -2.33. The van der Waals surface area contributed by atoms with Gasteiger partial charge in [0, 0.05) is 13.1 Å². The number of nitrogens with one attached hydrogen (secondary N) is 1. The summed E-state index contributed by atoms with van der Waals surface area (Å²) >= 11 is 0. The lowest BCUT2D eigenvalue weighted by molar-refractivity contribution is -0.153. The molecule has 0 radical (unpaired) electrons. The van der Waals surface area contributed by atoms with Crippen molar-refractivity contribution in [1.82, 2.24) is 15.1 Å². The Hall–Kier alpha value is -2.20. The zero-order valence-electron chi connectivity index (χ0n) is 17.9. The van der Waals surface area contributed by atoms with Crippen LogP contribution in [0.15, 0.2) is 0 Å². The molecule has 3 amide bonds. The largest absolute Gasteiger partial charge is 0.480 e. The smallest absolute Gasteiger partial charge is 0.326 e. The molecular formula is C20H34N4O6. The summed E-state index contributed by atoms with van der Waals surface area (Å²) in [6, 6.07) is -3.72. The highest BCUT2D eigenvalue weighted by molar-refractivity contribution is 5.95. The van der Waals surface area contributed by atoms with Gasteiger partial charge in [0.1, 0.15) is 18.1 Å². The van der Waals surface area contributed by atoms with Crippen LogP contribution in [0.3, 0.4) is 0 Å². The summed E-state index contributed by atoms with van der Waals surface area (Å²) in [5.74, 6) is -2.63. The third-order valence-corrected chi connectivity index (χ3v) is 6.25. The minimum absolute atomic E-state index is 0.0982. The molecule has 5 N–H and O–H groups in total. The molecule has 2 fully saturated rings. The average Bonchev–Trinajstić information content (AvgIpc) is 3.38. The molecule has 0 saturated carbocycles. The monoisotopic (exact) mass is 426 g/mol. The maximum Gasteiger partial charge on any atom is 0.326 e. The lowest BCUT2D eigenvalue weighted by atomic mass is 9.98. The highest BCUT2D eigenvalue weighted by atomic mass is 16.4.